The highest BCUT2D eigenvalue weighted by atomic mass is 16.5. The van der Waals surface area contributed by atoms with Crippen LogP contribution in [0.3, 0.4) is 0 Å². The minimum Gasteiger partial charge on any atom is -0.497 e. The summed E-state index contributed by atoms with van der Waals surface area (Å²) in [5.74, 6) is 2.44. The molecule has 0 radical (unpaired) electrons. The van der Waals surface area contributed by atoms with Crippen molar-refractivity contribution in [2.75, 3.05) is 32.4 Å². The molecule has 1 aromatic heterocycles. The Morgan fingerprint density at radius 3 is 2.15 bits per heavy atom. The highest BCUT2D eigenvalue weighted by Crippen LogP contribution is 2.32. The summed E-state index contributed by atoms with van der Waals surface area (Å²) in [5, 5.41) is 3.10. The van der Waals surface area contributed by atoms with Crippen molar-refractivity contribution in [1.29, 1.82) is 0 Å². The number of anilines is 3. The van der Waals surface area contributed by atoms with Gasteiger partial charge in [-0.2, -0.15) is 0 Å². The van der Waals surface area contributed by atoms with Gasteiger partial charge < -0.3 is 25.3 Å². The van der Waals surface area contributed by atoms with Crippen molar-refractivity contribution < 1.29 is 14.2 Å². The molecule has 20 heavy (non-hydrogen) atoms. The maximum Gasteiger partial charge on any atom is 0.204 e. The van der Waals surface area contributed by atoms with Crippen LogP contribution in [0.2, 0.25) is 0 Å². The number of hydrogen-bond acceptors (Lipinski definition) is 7. The summed E-state index contributed by atoms with van der Waals surface area (Å²) >= 11 is 0. The average Bonchev–Trinajstić information content (AvgIpc) is 2.47. The Kier molecular flexibility index (Phi) is 4.09. The van der Waals surface area contributed by atoms with Crippen LogP contribution in [0.25, 0.3) is 0 Å². The van der Waals surface area contributed by atoms with Crippen molar-refractivity contribution in [3.05, 3.63) is 24.5 Å². The second-order valence-corrected chi connectivity index (χ2v) is 3.87. The molecular formula is C13H16N4O3. The van der Waals surface area contributed by atoms with Crippen LogP contribution in [0, 0.1) is 0 Å². The molecule has 0 atom stereocenters. The third-order valence-corrected chi connectivity index (χ3v) is 2.65. The Morgan fingerprint density at radius 1 is 0.950 bits per heavy atom. The standard InChI is InChI=1S/C13H16N4O3/c1-18-9-4-8(5-10(6-9)19-2)17-13-11(20-3)12(14)15-7-16-13/h4-7H,1-3H3,(H3,14,15,16,17). The van der Waals surface area contributed by atoms with Gasteiger partial charge in [0.1, 0.15) is 17.8 Å². The molecule has 0 saturated carbocycles. The Labute approximate surface area is 116 Å². The van der Waals surface area contributed by atoms with Crippen LogP contribution >= 0.6 is 0 Å². The fourth-order valence-electron chi connectivity index (χ4n) is 1.69. The molecule has 0 bridgehead atoms. The summed E-state index contributed by atoms with van der Waals surface area (Å²) in [6, 6.07) is 5.39. The van der Waals surface area contributed by atoms with Crippen LogP contribution in [0.15, 0.2) is 24.5 Å². The summed E-state index contributed by atoms with van der Waals surface area (Å²) in [6.07, 6.45) is 1.36. The third-order valence-electron chi connectivity index (χ3n) is 2.65. The van der Waals surface area contributed by atoms with Gasteiger partial charge in [-0.15, -0.1) is 0 Å². The maximum absolute atomic E-state index is 5.73. The zero-order valence-electron chi connectivity index (χ0n) is 11.5. The van der Waals surface area contributed by atoms with Gasteiger partial charge in [0, 0.05) is 23.9 Å². The number of hydrogen-bond donors (Lipinski definition) is 2. The first kappa shape index (κ1) is 13.7. The van der Waals surface area contributed by atoms with Crippen molar-refractivity contribution in [3.8, 4) is 17.2 Å². The highest BCUT2D eigenvalue weighted by molar-refractivity contribution is 5.69. The molecule has 106 valence electrons. The van der Waals surface area contributed by atoms with E-state index in [-0.39, 0.29) is 5.82 Å². The van der Waals surface area contributed by atoms with Crippen molar-refractivity contribution in [3.63, 3.8) is 0 Å². The molecular weight excluding hydrogens is 260 g/mol. The lowest BCUT2D eigenvalue weighted by molar-refractivity contribution is 0.394. The fraction of sp³-hybridized carbons (Fsp3) is 0.231. The Balaban J connectivity index is 2.37. The van der Waals surface area contributed by atoms with Crippen LogP contribution in [0.5, 0.6) is 17.2 Å². The molecule has 7 nitrogen and oxygen atoms in total. The third kappa shape index (κ3) is 2.82. The molecule has 0 unspecified atom stereocenters. The maximum atomic E-state index is 5.73. The second-order valence-electron chi connectivity index (χ2n) is 3.87. The van der Waals surface area contributed by atoms with E-state index in [2.05, 4.69) is 15.3 Å². The van der Waals surface area contributed by atoms with E-state index in [0.717, 1.165) is 5.69 Å². The topological polar surface area (TPSA) is 91.5 Å². The molecule has 0 aliphatic heterocycles. The summed E-state index contributed by atoms with van der Waals surface area (Å²) in [6.45, 7) is 0. The van der Waals surface area contributed by atoms with Crippen molar-refractivity contribution in [2.24, 2.45) is 0 Å². The molecule has 3 N–H and O–H groups in total. The van der Waals surface area contributed by atoms with E-state index in [1.54, 1.807) is 32.4 Å². The van der Waals surface area contributed by atoms with Gasteiger partial charge >= 0.3 is 0 Å². The summed E-state index contributed by atoms with van der Waals surface area (Å²) in [5.41, 5.74) is 6.47. The summed E-state index contributed by atoms with van der Waals surface area (Å²) < 4.78 is 15.6. The average molecular weight is 276 g/mol. The molecule has 1 heterocycles. The van der Waals surface area contributed by atoms with Gasteiger partial charge in [-0.3, -0.25) is 0 Å². The first-order valence-corrected chi connectivity index (χ1v) is 5.82. The van der Waals surface area contributed by atoms with Crippen LogP contribution in [-0.2, 0) is 0 Å². The van der Waals surface area contributed by atoms with E-state index in [1.807, 2.05) is 0 Å². The molecule has 0 amide bonds. The number of benzene rings is 1. The minimum absolute atomic E-state index is 0.264. The van der Waals surface area contributed by atoms with Gasteiger partial charge in [-0.25, -0.2) is 9.97 Å². The van der Waals surface area contributed by atoms with Crippen molar-refractivity contribution >= 4 is 17.3 Å². The first-order valence-electron chi connectivity index (χ1n) is 5.82. The predicted molar refractivity (Wildman–Crippen MR) is 75.8 cm³/mol. The van der Waals surface area contributed by atoms with Gasteiger partial charge in [-0.1, -0.05) is 0 Å². The number of nitrogens with zero attached hydrogens (tertiary/aromatic N) is 2. The van der Waals surface area contributed by atoms with Gasteiger partial charge in [0.15, 0.2) is 11.6 Å². The minimum atomic E-state index is 0.264. The number of nitrogens with one attached hydrogen (secondary N) is 1. The number of aromatic nitrogens is 2. The van der Waals surface area contributed by atoms with E-state index >= 15 is 0 Å². The lowest BCUT2D eigenvalue weighted by Gasteiger charge is -2.13. The van der Waals surface area contributed by atoms with Crippen LogP contribution in [-0.4, -0.2) is 31.3 Å². The Hall–Kier alpha value is -2.70. The van der Waals surface area contributed by atoms with Crippen LogP contribution in [0.4, 0.5) is 17.3 Å². The zero-order valence-corrected chi connectivity index (χ0v) is 11.5. The monoisotopic (exact) mass is 276 g/mol. The quantitative estimate of drug-likeness (QED) is 0.860. The lowest BCUT2D eigenvalue weighted by Crippen LogP contribution is -2.03. The number of rotatable bonds is 5. The molecule has 0 aliphatic carbocycles. The number of nitrogens with two attached hydrogens (primary N) is 1. The molecule has 0 spiro atoms. The van der Waals surface area contributed by atoms with Gasteiger partial charge in [0.2, 0.25) is 5.75 Å². The normalized spacial score (nSPS) is 9.95. The first-order chi connectivity index (χ1) is 9.67. The highest BCUT2D eigenvalue weighted by Gasteiger charge is 2.11. The molecule has 0 fully saturated rings. The number of methoxy groups -OCH3 is 3. The van der Waals surface area contributed by atoms with E-state index < -0.39 is 0 Å². The molecule has 1 aromatic carbocycles. The fourth-order valence-corrected chi connectivity index (χ4v) is 1.69. The van der Waals surface area contributed by atoms with E-state index in [9.17, 15) is 0 Å². The van der Waals surface area contributed by atoms with Crippen LogP contribution < -0.4 is 25.3 Å². The summed E-state index contributed by atoms with van der Waals surface area (Å²) in [4.78, 5) is 7.98. The molecule has 2 rings (SSSR count). The predicted octanol–water partition coefficient (Wildman–Crippen LogP) is 1.83. The van der Waals surface area contributed by atoms with E-state index in [0.29, 0.717) is 23.1 Å². The largest absolute Gasteiger partial charge is 0.497 e. The Morgan fingerprint density at radius 2 is 1.60 bits per heavy atom. The number of ether oxygens (including phenoxy) is 3. The van der Waals surface area contributed by atoms with E-state index in [4.69, 9.17) is 19.9 Å². The molecule has 2 aromatic rings. The van der Waals surface area contributed by atoms with Gasteiger partial charge in [0.05, 0.1) is 21.3 Å². The van der Waals surface area contributed by atoms with Crippen molar-refractivity contribution in [2.45, 2.75) is 0 Å². The number of nitrogen functional groups attached to an aromatic ring is 1. The molecule has 0 aliphatic rings. The Bertz CT molecular complexity index is 582. The van der Waals surface area contributed by atoms with Gasteiger partial charge in [0.25, 0.3) is 0 Å². The SMILES string of the molecule is COc1cc(Nc2ncnc(N)c2OC)cc(OC)c1. The molecule has 0 saturated heterocycles. The summed E-state index contributed by atoms with van der Waals surface area (Å²) in [7, 11) is 4.68. The van der Waals surface area contributed by atoms with Crippen molar-refractivity contribution in [1.82, 2.24) is 9.97 Å². The lowest BCUT2D eigenvalue weighted by atomic mass is 10.2. The van der Waals surface area contributed by atoms with Gasteiger partial charge in [-0.05, 0) is 0 Å². The van der Waals surface area contributed by atoms with E-state index in [1.165, 1.54) is 13.4 Å². The molecule has 7 heteroatoms. The van der Waals surface area contributed by atoms with Crippen LogP contribution in [0.1, 0.15) is 0 Å². The zero-order chi connectivity index (χ0) is 14.5. The smallest absolute Gasteiger partial charge is 0.204 e. The second kappa shape index (κ2) is 5.96.